The smallest absolute Gasteiger partial charge is 0.240 e. The molecule has 0 saturated heterocycles. The Bertz CT molecular complexity index is 727. The summed E-state index contributed by atoms with van der Waals surface area (Å²) in [7, 11) is 0. The molecule has 1 aromatic carbocycles. The summed E-state index contributed by atoms with van der Waals surface area (Å²) >= 11 is 1.50. The number of nitrogens with zero attached hydrogens (tertiary/aromatic N) is 1. The molecule has 0 unspecified atom stereocenters. The van der Waals surface area contributed by atoms with Crippen LogP contribution in [0.1, 0.15) is 37.2 Å². The fourth-order valence-electron chi connectivity index (χ4n) is 2.37. The van der Waals surface area contributed by atoms with Crippen molar-refractivity contribution < 1.29 is 13.6 Å². The first kappa shape index (κ1) is 16.8. The van der Waals surface area contributed by atoms with Gasteiger partial charge in [0.15, 0.2) is 0 Å². The van der Waals surface area contributed by atoms with E-state index in [1.54, 1.807) is 12.1 Å². The maximum atomic E-state index is 12.8. The van der Waals surface area contributed by atoms with E-state index in [-0.39, 0.29) is 11.7 Å². The molecule has 0 radical (unpaired) electrons. The highest BCUT2D eigenvalue weighted by molar-refractivity contribution is 7.99. The van der Waals surface area contributed by atoms with Crippen molar-refractivity contribution in [2.24, 2.45) is 11.0 Å². The van der Waals surface area contributed by atoms with Gasteiger partial charge in [-0.2, -0.15) is 5.10 Å². The number of hydrogen-bond acceptors (Lipinski definition) is 4. The lowest BCUT2D eigenvalue weighted by atomic mass is 10.3. The van der Waals surface area contributed by atoms with Crippen molar-refractivity contribution >= 4 is 23.9 Å². The van der Waals surface area contributed by atoms with Crippen molar-refractivity contribution in [3.8, 4) is 0 Å². The maximum Gasteiger partial charge on any atom is 0.240 e. The number of halogens is 1. The first-order valence-corrected chi connectivity index (χ1v) is 8.90. The summed E-state index contributed by atoms with van der Waals surface area (Å²) in [5.74, 6) is 3.05. The first-order chi connectivity index (χ1) is 11.6. The highest BCUT2D eigenvalue weighted by Crippen LogP contribution is 2.47. The van der Waals surface area contributed by atoms with Crippen LogP contribution in [-0.2, 0) is 4.79 Å². The van der Waals surface area contributed by atoms with E-state index in [0.717, 1.165) is 10.7 Å². The molecule has 0 bridgehead atoms. The standard InChI is InChI=1S/C18H19FN2O2S/c1-12-10-16(12)17-7-4-14(23-17)11-20-21-18(22)8-9-24-15-5-2-13(19)3-6-15/h2-7,11-12,16H,8-10H2,1H3,(H,21,22)/b20-11-/t12-,16-/m1/s1. The molecule has 2 atom stereocenters. The van der Waals surface area contributed by atoms with Crippen molar-refractivity contribution in [1.82, 2.24) is 5.43 Å². The van der Waals surface area contributed by atoms with Crippen molar-refractivity contribution in [1.29, 1.82) is 0 Å². The van der Waals surface area contributed by atoms with E-state index in [0.29, 0.717) is 29.8 Å². The molecular formula is C18H19FN2O2S. The Kier molecular flexibility index (Phi) is 5.35. The molecule has 24 heavy (non-hydrogen) atoms. The van der Waals surface area contributed by atoms with Crippen LogP contribution in [0.4, 0.5) is 4.39 Å². The van der Waals surface area contributed by atoms with Gasteiger partial charge in [0.05, 0.1) is 6.21 Å². The SMILES string of the molecule is C[C@@H]1C[C@H]1c1ccc(/C=N\NC(=O)CCSc2ccc(F)cc2)o1. The van der Waals surface area contributed by atoms with Crippen LogP contribution < -0.4 is 5.43 Å². The van der Waals surface area contributed by atoms with Gasteiger partial charge in [-0.15, -0.1) is 11.8 Å². The minimum atomic E-state index is -0.261. The second-order valence-corrected chi connectivity index (χ2v) is 7.07. The van der Waals surface area contributed by atoms with Gasteiger partial charge < -0.3 is 4.42 Å². The third kappa shape index (κ3) is 4.71. The van der Waals surface area contributed by atoms with Gasteiger partial charge in [0.2, 0.25) is 5.91 Å². The van der Waals surface area contributed by atoms with Gasteiger partial charge in [0.25, 0.3) is 0 Å². The van der Waals surface area contributed by atoms with Gasteiger partial charge in [-0.25, -0.2) is 9.82 Å². The van der Waals surface area contributed by atoms with E-state index in [1.807, 2.05) is 12.1 Å². The normalized spacial score (nSPS) is 19.6. The monoisotopic (exact) mass is 346 g/mol. The highest BCUT2D eigenvalue weighted by Gasteiger charge is 2.36. The number of rotatable bonds is 7. The van der Waals surface area contributed by atoms with Gasteiger partial charge in [-0.05, 0) is 48.7 Å². The van der Waals surface area contributed by atoms with Gasteiger partial charge in [0, 0.05) is 23.0 Å². The number of carbonyl (C=O) groups is 1. The number of furan rings is 1. The summed E-state index contributed by atoms with van der Waals surface area (Å²) in [5.41, 5.74) is 2.49. The van der Waals surface area contributed by atoms with Crippen LogP contribution in [0.15, 0.2) is 50.8 Å². The van der Waals surface area contributed by atoms with Crippen molar-refractivity contribution in [3.63, 3.8) is 0 Å². The van der Waals surface area contributed by atoms with E-state index < -0.39 is 0 Å². The number of carbonyl (C=O) groups excluding carboxylic acids is 1. The van der Waals surface area contributed by atoms with Crippen molar-refractivity contribution in [2.45, 2.75) is 30.6 Å². The minimum absolute atomic E-state index is 0.163. The maximum absolute atomic E-state index is 12.8. The summed E-state index contributed by atoms with van der Waals surface area (Å²) in [4.78, 5) is 12.7. The van der Waals surface area contributed by atoms with Gasteiger partial charge >= 0.3 is 0 Å². The molecular weight excluding hydrogens is 327 g/mol. The zero-order chi connectivity index (χ0) is 16.9. The summed E-state index contributed by atoms with van der Waals surface area (Å²) in [6.45, 7) is 2.20. The number of benzene rings is 1. The molecule has 4 nitrogen and oxygen atoms in total. The molecule has 6 heteroatoms. The third-order valence-electron chi connectivity index (χ3n) is 3.92. The summed E-state index contributed by atoms with van der Waals surface area (Å²) in [6, 6.07) is 10.0. The molecule has 1 N–H and O–H groups in total. The van der Waals surface area contributed by atoms with E-state index >= 15 is 0 Å². The first-order valence-electron chi connectivity index (χ1n) is 7.92. The predicted molar refractivity (Wildman–Crippen MR) is 92.7 cm³/mol. The molecule has 1 aromatic heterocycles. The van der Waals surface area contributed by atoms with Crippen LogP contribution in [0.25, 0.3) is 0 Å². The van der Waals surface area contributed by atoms with Crippen LogP contribution in [0.3, 0.4) is 0 Å². The second-order valence-electron chi connectivity index (χ2n) is 5.91. The topological polar surface area (TPSA) is 54.6 Å². The lowest BCUT2D eigenvalue weighted by Crippen LogP contribution is -2.17. The Morgan fingerprint density at radius 2 is 2.12 bits per heavy atom. The van der Waals surface area contributed by atoms with Crippen LogP contribution in [0.2, 0.25) is 0 Å². The largest absolute Gasteiger partial charge is 0.460 e. The average molecular weight is 346 g/mol. The summed E-state index contributed by atoms with van der Waals surface area (Å²) < 4.78 is 18.5. The summed E-state index contributed by atoms with van der Waals surface area (Å²) in [6.07, 6.45) is 3.02. The molecule has 1 aliphatic carbocycles. The summed E-state index contributed by atoms with van der Waals surface area (Å²) in [5, 5.41) is 3.91. The molecule has 0 aliphatic heterocycles. The number of thioether (sulfide) groups is 1. The fourth-order valence-corrected chi connectivity index (χ4v) is 3.22. The molecule has 1 amide bonds. The van der Waals surface area contributed by atoms with Crippen LogP contribution in [-0.4, -0.2) is 17.9 Å². The lowest BCUT2D eigenvalue weighted by Gasteiger charge is -2.01. The Morgan fingerprint density at radius 1 is 1.38 bits per heavy atom. The number of nitrogens with one attached hydrogen (secondary N) is 1. The molecule has 0 spiro atoms. The molecule has 126 valence electrons. The van der Waals surface area contributed by atoms with Crippen molar-refractivity contribution in [2.75, 3.05) is 5.75 Å². The van der Waals surface area contributed by atoms with Crippen LogP contribution >= 0.6 is 11.8 Å². The Balaban J connectivity index is 1.37. The molecule has 3 rings (SSSR count). The fraction of sp³-hybridized carbons (Fsp3) is 0.333. The van der Waals surface area contributed by atoms with Gasteiger partial charge in [0.1, 0.15) is 17.3 Å². The Hall–Kier alpha value is -2.08. The third-order valence-corrected chi connectivity index (χ3v) is 4.93. The van der Waals surface area contributed by atoms with Crippen LogP contribution in [0.5, 0.6) is 0 Å². The Morgan fingerprint density at radius 3 is 2.83 bits per heavy atom. The molecule has 2 aromatic rings. The van der Waals surface area contributed by atoms with E-state index in [4.69, 9.17) is 4.42 Å². The van der Waals surface area contributed by atoms with E-state index in [1.165, 1.54) is 36.5 Å². The molecule has 1 saturated carbocycles. The quantitative estimate of drug-likeness (QED) is 0.465. The minimum Gasteiger partial charge on any atom is -0.460 e. The Labute approximate surface area is 144 Å². The average Bonchev–Trinajstić information content (AvgIpc) is 3.11. The highest BCUT2D eigenvalue weighted by atomic mass is 32.2. The lowest BCUT2D eigenvalue weighted by molar-refractivity contribution is -0.120. The zero-order valence-electron chi connectivity index (χ0n) is 13.4. The van der Waals surface area contributed by atoms with Gasteiger partial charge in [-0.3, -0.25) is 4.79 Å². The number of amides is 1. The number of hydrazone groups is 1. The van der Waals surface area contributed by atoms with E-state index in [9.17, 15) is 9.18 Å². The van der Waals surface area contributed by atoms with Crippen molar-refractivity contribution in [3.05, 3.63) is 53.7 Å². The number of hydrogen-bond donors (Lipinski definition) is 1. The van der Waals surface area contributed by atoms with Gasteiger partial charge in [-0.1, -0.05) is 6.92 Å². The van der Waals surface area contributed by atoms with Crippen LogP contribution in [0, 0.1) is 11.7 Å². The van der Waals surface area contributed by atoms with E-state index in [2.05, 4.69) is 17.5 Å². The second kappa shape index (κ2) is 7.66. The molecule has 1 heterocycles. The zero-order valence-corrected chi connectivity index (χ0v) is 14.2. The molecule has 1 fully saturated rings. The predicted octanol–water partition coefficient (Wildman–Crippen LogP) is 4.17. The molecule has 1 aliphatic rings.